The quantitative estimate of drug-likeness (QED) is 0.650. The Bertz CT molecular complexity index is 294. The summed E-state index contributed by atoms with van der Waals surface area (Å²) in [7, 11) is 2.17. The van der Waals surface area contributed by atoms with Gasteiger partial charge in [-0.25, -0.2) is 0 Å². The van der Waals surface area contributed by atoms with Gasteiger partial charge in [-0.15, -0.1) is 5.26 Å². The molecule has 4 nitrogen and oxygen atoms in total. The summed E-state index contributed by atoms with van der Waals surface area (Å²) in [6.07, 6.45) is 4.70. The molecule has 2 fully saturated rings. The van der Waals surface area contributed by atoms with E-state index in [1.807, 2.05) is 0 Å². The molecule has 2 saturated heterocycles. The van der Waals surface area contributed by atoms with E-state index in [1.54, 1.807) is 0 Å². The topological polar surface area (TPSA) is 53.2 Å². The highest BCUT2D eigenvalue weighted by atomic mass is 16.3. The SMILES string of the molecule is CN1CC(CN2CCC(C#[NH+])CC2)CCC1C[OH2+]. The van der Waals surface area contributed by atoms with Gasteiger partial charge < -0.3 is 10.0 Å². The van der Waals surface area contributed by atoms with Crippen molar-refractivity contribution in [1.29, 1.82) is 0 Å². The van der Waals surface area contributed by atoms with Crippen molar-refractivity contribution >= 4 is 0 Å². The van der Waals surface area contributed by atoms with E-state index in [0.717, 1.165) is 38.4 Å². The van der Waals surface area contributed by atoms with Crippen LogP contribution in [-0.4, -0.2) is 60.8 Å². The highest BCUT2D eigenvalue weighted by Crippen LogP contribution is 2.23. The Morgan fingerprint density at radius 2 is 1.94 bits per heavy atom. The number of hydrogen-bond acceptors (Lipinski definition) is 2. The Hall–Kier alpha value is -0.630. The second-order valence-corrected chi connectivity index (χ2v) is 5.96. The first-order chi connectivity index (χ1) is 8.72. The average molecular weight is 253 g/mol. The van der Waals surface area contributed by atoms with Gasteiger partial charge in [-0.1, -0.05) is 0 Å². The number of piperidine rings is 2. The summed E-state index contributed by atoms with van der Waals surface area (Å²) in [5.74, 6) is 1.18. The lowest BCUT2D eigenvalue weighted by atomic mass is 9.91. The van der Waals surface area contributed by atoms with Crippen LogP contribution in [0.1, 0.15) is 25.7 Å². The smallest absolute Gasteiger partial charge is 0.273 e. The van der Waals surface area contributed by atoms with Crippen LogP contribution in [0.4, 0.5) is 0 Å². The Morgan fingerprint density at radius 3 is 2.50 bits per heavy atom. The predicted molar refractivity (Wildman–Crippen MR) is 71.6 cm³/mol. The summed E-state index contributed by atoms with van der Waals surface area (Å²) >= 11 is 0. The maximum absolute atomic E-state index is 7.51. The molecule has 0 spiro atoms. The molecule has 2 atom stereocenters. The highest BCUT2D eigenvalue weighted by Gasteiger charge is 2.29. The maximum Gasteiger partial charge on any atom is 0.273 e. The molecule has 0 aromatic heterocycles. The molecule has 2 rings (SSSR count). The Morgan fingerprint density at radius 1 is 1.22 bits per heavy atom. The number of rotatable bonds is 3. The number of hydrogen-bond donors (Lipinski definition) is 1. The van der Waals surface area contributed by atoms with Crippen LogP contribution in [0.2, 0.25) is 0 Å². The van der Waals surface area contributed by atoms with Crippen molar-refractivity contribution in [3.05, 3.63) is 0 Å². The van der Waals surface area contributed by atoms with Gasteiger partial charge in [0.2, 0.25) is 0 Å². The molecule has 2 heterocycles. The van der Waals surface area contributed by atoms with Gasteiger partial charge in [0.1, 0.15) is 0 Å². The average Bonchev–Trinajstić information content (AvgIpc) is 2.40. The lowest BCUT2D eigenvalue weighted by molar-refractivity contribution is -0.100. The van der Waals surface area contributed by atoms with Crippen LogP contribution in [0.5, 0.6) is 0 Å². The van der Waals surface area contributed by atoms with Gasteiger partial charge in [0, 0.05) is 13.1 Å². The van der Waals surface area contributed by atoms with Crippen LogP contribution < -0.4 is 5.26 Å². The first kappa shape index (κ1) is 13.8. The molecule has 0 saturated carbocycles. The predicted octanol–water partition coefficient (Wildman–Crippen LogP) is -1.09. The van der Waals surface area contributed by atoms with Crippen LogP contribution in [0.3, 0.4) is 0 Å². The van der Waals surface area contributed by atoms with E-state index < -0.39 is 0 Å². The molecule has 4 heteroatoms. The minimum Gasteiger partial charge on any atom is -0.444 e. The van der Waals surface area contributed by atoms with E-state index >= 15 is 0 Å². The fraction of sp³-hybridized carbons (Fsp3) is 0.929. The Balaban J connectivity index is 1.73. The molecule has 0 aromatic rings. The molecule has 18 heavy (non-hydrogen) atoms. The summed E-state index contributed by atoms with van der Waals surface area (Å²) in [6, 6.07) is 3.13. The minimum absolute atomic E-state index is 0.406. The maximum atomic E-state index is 7.51. The molecule has 3 N–H and O–H groups in total. The zero-order chi connectivity index (χ0) is 13.0. The lowest BCUT2D eigenvalue weighted by Crippen LogP contribution is -2.47. The van der Waals surface area contributed by atoms with E-state index in [1.165, 1.54) is 19.4 Å². The zero-order valence-electron chi connectivity index (χ0n) is 11.5. The summed E-state index contributed by atoms with van der Waals surface area (Å²) in [5.41, 5.74) is 0. The number of nitrogens with one attached hydrogen (secondary N) is 1. The molecule has 0 radical (unpaired) electrons. The molecule has 0 amide bonds. The van der Waals surface area contributed by atoms with E-state index in [4.69, 9.17) is 10.4 Å². The fourth-order valence-corrected chi connectivity index (χ4v) is 3.33. The zero-order valence-corrected chi connectivity index (χ0v) is 11.5. The third kappa shape index (κ3) is 3.44. The van der Waals surface area contributed by atoms with Crippen LogP contribution in [0, 0.1) is 17.9 Å². The van der Waals surface area contributed by atoms with E-state index in [2.05, 4.69) is 22.9 Å². The van der Waals surface area contributed by atoms with Crippen molar-refractivity contribution in [2.75, 3.05) is 39.8 Å². The number of likely N-dealkylation sites (N-methyl/N-ethyl adjacent to an activating group) is 1. The van der Waals surface area contributed by atoms with Crippen molar-refractivity contribution in [3.63, 3.8) is 0 Å². The molecule has 2 aliphatic heterocycles. The van der Waals surface area contributed by atoms with Gasteiger partial charge in [-0.3, -0.25) is 4.90 Å². The molecule has 0 bridgehead atoms. The largest absolute Gasteiger partial charge is 0.444 e. The van der Waals surface area contributed by atoms with Crippen LogP contribution in [0.15, 0.2) is 0 Å². The van der Waals surface area contributed by atoms with Crippen molar-refractivity contribution in [1.82, 2.24) is 9.80 Å². The van der Waals surface area contributed by atoms with Crippen molar-refractivity contribution in [2.24, 2.45) is 11.8 Å². The summed E-state index contributed by atoms with van der Waals surface area (Å²) in [5, 5.41) is 14.7. The molecule has 0 aromatic carbocycles. The summed E-state index contributed by atoms with van der Waals surface area (Å²) in [6.45, 7) is 5.18. The van der Waals surface area contributed by atoms with Crippen molar-refractivity contribution < 1.29 is 10.4 Å². The van der Waals surface area contributed by atoms with Gasteiger partial charge in [0.25, 0.3) is 6.07 Å². The van der Waals surface area contributed by atoms with Gasteiger partial charge >= 0.3 is 0 Å². The second kappa shape index (κ2) is 6.51. The standard InChI is InChI=1S/C14H25N3O/c1-16-9-13(2-3-14(16)11-18)10-17-6-4-12(8-15)5-7-17/h12-14,18H,2-7,9-11H2,1H3/p+2. The van der Waals surface area contributed by atoms with Crippen molar-refractivity contribution in [3.8, 4) is 6.07 Å². The number of nitrogens with zero attached hydrogens (tertiary/aromatic N) is 2. The van der Waals surface area contributed by atoms with Gasteiger partial charge in [0.05, 0.1) is 12.0 Å². The van der Waals surface area contributed by atoms with E-state index in [9.17, 15) is 0 Å². The molecular formula is C14H27N3O+2. The minimum atomic E-state index is 0.406. The van der Waals surface area contributed by atoms with Gasteiger partial charge in [-0.05, 0) is 51.7 Å². The monoisotopic (exact) mass is 253 g/mol. The first-order valence-corrected chi connectivity index (χ1v) is 7.22. The van der Waals surface area contributed by atoms with Crippen LogP contribution in [-0.2, 0) is 0 Å². The molecule has 2 aliphatic rings. The molecular weight excluding hydrogens is 226 g/mol. The Kier molecular flexibility index (Phi) is 4.99. The molecule has 2 unspecified atom stereocenters. The van der Waals surface area contributed by atoms with Gasteiger partial charge in [0.15, 0.2) is 6.61 Å². The third-order valence-corrected chi connectivity index (χ3v) is 4.62. The second-order valence-electron chi connectivity index (χ2n) is 5.96. The Labute approximate surface area is 110 Å². The normalized spacial score (nSPS) is 32.3. The number of likely N-dealkylation sites (tertiary alicyclic amines) is 2. The third-order valence-electron chi connectivity index (χ3n) is 4.62. The van der Waals surface area contributed by atoms with Crippen LogP contribution in [0.25, 0.3) is 0 Å². The summed E-state index contributed by atoms with van der Waals surface area (Å²) < 4.78 is 0. The van der Waals surface area contributed by atoms with Crippen molar-refractivity contribution in [2.45, 2.75) is 31.7 Å². The molecule has 102 valence electrons. The first-order valence-electron chi connectivity index (χ1n) is 7.22. The van der Waals surface area contributed by atoms with E-state index in [0.29, 0.717) is 18.6 Å². The van der Waals surface area contributed by atoms with Gasteiger partial charge in [-0.2, -0.15) is 0 Å². The molecule has 0 aliphatic carbocycles. The highest BCUT2D eigenvalue weighted by molar-refractivity contribution is 4.87. The fourth-order valence-electron chi connectivity index (χ4n) is 3.33. The van der Waals surface area contributed by atoms with Crippen LogP contribution >= 0.6 is 0 Å². The van der Waals surface area contributed by atoms with E-state index in [-0.39, 0.29) is 0 Å². The lowest BCUT2D eigenvalue weighted by Gasteiger charge is -2.38. The summed E-state index contributed by atoms with van der Waals surface area (Å²) in [4.78, 5) is 4.94.